The Labute approximate surface area is 239 Å². The minimum Gasteiger partial charge on any atom is -0.396 e. The molecular weight excluding hydrogens is 624 g/mol. The number of unbranched alkanes of at least 4 members (excludes halogenated alkanes) is 6. The Morgan fingerprint density at radius 3 is 1.63 bits per heavy atom. The molecule has 0 unspecified atom stereocenters. The van der Waals surface area contributed by atoms with Crippen molar-refractivity contribution in [1.29, 1.82) is 0 Å². The number of anilines is 3. The van der Waals surface area contributed by atoms with Crippen LogP contribution in [-0.2, 0) is 25.3 Å². The molecule has 0 amide bonds. The van der Waals surface area contributed by atoms with Gasteiger partial charge in [-0.25, -0.2) is 0 Å². The Morgan fingerprint density at radius 2 is 1.17 bits per heavy atom. The number of nitrogens with two attached hydrogens (primary N) is 3. The van der Waals surface area contributed by atoms with Gasteiger partial charge in [-0.15, -0.1) is 22.7 Å². The Kier molecular flexibility index (Phi) is 11.0. The summed E-state index contributed by atoms with van der Waals surface area (Å²) in [5.41, 5.74) is 26.0. The number of halogens is 2. The normalized spacial score (nSPS) is 11.3. The quantitative estimate of drug-likeness (QED) is 0.126. The van der Waals surface area contributed by atoms with Crippen molar-refractivity contribution < 1.29 is 0 Å². The number of benzene rings is 1. The van der Waals surface area contributed by atoms with Crippen molar-refractivity contribution in [1.82, 2.24) is 0 Å². The maximum atomic E-state index is 6.68. The van der Waals surface area contributed by atoms with E-state index in [4.69, 9.17) is 29.6 Å². The molecule has 0 saturated carbocycles. The van der Waals surface area contributed by atoms with Crippen molar-refractivity contribution in [3.63, 3.8) is 0 Å². The third-order valence-electron chi connectivity index (χ3n) is 6.29. The Hall–Kier alpha value is -1.000. The van der Waals surface area contributed by atoms with Gasteiger partial charge in [-0.05, 0) is 80.8 Å². The maximum absolute atomic E-state index is 6.68. The fourth-order valence-corrected chi connectivity index (χ4v) is 8.15. The number of hydrogen-bond acceptors (Lipinski definition) is 7. The monoisotopic (exact) mass is 656 g/mol. The molecule has 4 nitrogen and oxygen atoms in total. The van der Waals surface area contributed by atoms with Gasteiger partial charge in [0.15, 0.2) is 0 Å². The van der Waals surface area contributed by atoms with Gasteiger partial charge in [-0.1, -0.05) is 52.4 Å². The number of nitrogen functional groups attached to an aromatic ring is 3. The molecule has 0 radical (unpaired) electrons. The molecular formula is C26H34Br2N4S3. The average Bonchev–Trinajstić information content (AvgIpc) is 3.38. The Bertz CT molecular complexity index is 1170. The van der Waals surface area contributed by atoms with E-state index in [1.54, 1.807) is 22.7 Å². The second kappa shape index (κ2) is 13.5. The van der Waals surface area contributed by atoms with Crippen molar-refractivity contribution in [3.8, 4) is 20.9 Å². The zero-order chi connectivity index (χ0) is 25.5. The summed E-state index contributed by atoms with van der Waals surface area (Å²) < 4.78 is 6.38. The summed E-state index contributed by atoms with van der Waals surface area (Å²) in [5, 5.41) is 0. The van der Waals surface area contributed by atoms with Crippen molar-refractivity contribution in [2.45, 2.75) is 78.1 Å². The molecule has 0 bridgehead atoms. The number of rotatable bonds is 13. The predicted molar refractivity (Wildman–Crippen MR) is 167 cm³/mol. The third-order valence-corrected chi connectivity index (χ3v) is 10.4. The zero-order valence-electron chi connectivity index (χ0n) is 20.4. The van der Waals surface area contributed by atoms with Gasteiger partial charge in [-0.2, -0.15) is 4.36 Å². The molecule has 6 N–H and O–H groups in total. The van der Waals surface area contributed by atoms with Gasteiger partial charge >= 0.3 is 0 Å². The van der Waals surface area contributed by atoms with Crippen LogP contribution in [0.25, 0.3) is 20.9 Å². The molecule has 3 aromatic rings. The number of hydrogen-bond donors (Lipinski definition) is 3. The molecule has 0 aliphatic rings. The summed E-state index contributed by atoms with van der Waals surface area (Å²) in [5.74, 6) is 0. The number of aryl methyl sites for hydroxylation is 2. The van der Waals surface area contributed by atoms with Gasteiger partial charge in [0.2, 0.25) is 0 Å². The molecule has 0 aliphatic carbocycles. The second-order valence-electron chi connectivity index (χ2n) is 8.87. The SMILES string of the molecule is CCCCCCc1cc(-c2c(N)c(N)c(-c3cc(CCCCCC)c(Br)s3)c(N=S)c2N)sc1Br. The summed E-state index contributed by atoms with van der Waals surface area (Å²) in [6, 6.07) is 4.34. The number of nitrogens with zero attached hydrogens (tertiary/aromatic N) is 1. The lowest BCUT2D eigenvalue weighted by molar-refractivity contribution is 0.667. The van der Waals surface area contributed by atoms with E-state index in [0.717, 1.165) is 54.1 Å². The molecule has 0 fully saturated rings. The molecule has 2 aromatic heterocycles. The highest BCUT2D eigenvalue weighted by Crippen LogP contribution is 2.53. The van der Waals surface area contributed by atoms with Crippen LogP contribution in [0.4, 0.5) is 22.7 Å². The van der Waals surface area contributed by atoms with Gasteiger partial charge in [0.1, 0.15) is 5.69 Å². The molecule has 0 aliphatic heterocycles. The van der Waals surface area contributed by atoms with Gasteiger partial charge in [0.05, 0.1) is 24.6 Å². The van der Waals surface area contributed by atoms with E-state index in [9.17, 15) is 0 Å². The smallest absolute Gasteiger partial charge is 0.111 e. The molecule has 2 heterocycles. The van der Waals surface area contributed by atoms with E-state index >= 15 is 0 Å². The van der Waals surface area contributed by atoms with Crippen LogP contribution >= 0.6 is 54.5 Å². The topological polar surface area (TPSA) is 90.4 Å². The van der Waals surface area contributed by atoms with Crippen LogP contribution in [-0.4, -0.2) is 0 Å². The van der Waals surface area contributed by atoms with Gasteiger partial charge in [-0.3, -0.25) is 0 Å². The van der Waals surface area contributed by atoms with Crippen LogP contribution in [0, 0.1) is 0 Å². The minimum atomic E-state index is 0.484. The molecule has 9 heteroatoms. The van der Waals surface area contributed by atoms with E-state index in [-0.39, 0.29) is 0 Å². The summed E-state index contributed by atoms with van der Waals surface area (Å²) in [6.45, 7) is 4.45. The lowest BCUT2D eigenvalue weighted by Crippen LogP contribution is -2.03. The first kappa shape index (κ1) is 28.6. The fraction of sp³-hybridized carbons (Fsp3) is 0.462. The van der Waals surface area contributed by atoms with Crippen LogP contribution < -0.4 is 17.2 Å². The van der Waals surface area contributed by atoms with E-state index in [0.29, 0.717) is 22.7 Å². The van der Waals surface area contributed by atoms with Crippen LogP contribution in [0.3, 0.4) is 0 Å². The molecule has 0 atom stereocenters. The van der Waals surface area contributed by atoms with Gasteiger partial charge < -0.3 is 17.2 Å². The Balaban J connectivity index is 1.99. The summed E-state index contributed by atoms with van der Waals surface area (Å²) in [6.07, 6.45) is 11.8. The van der Waals surface area contributed by atoms with Crippen LogP contribution in [0.15, 0.2) is 24.1 Å². The first-order valence-electron chi connectivity index (χ1n) is 12.2. The predicted octanol–water partition coefficient (Wildman–Crippen LogP) is 10.0. The maximum Gasteiger partial charge on any atom is 0.111 e. The van der Waals surface area contributed by atoms with Crippen molar-refractivity contribution >= 4 is 89.7 Å². The molecule has 1 aromatic carbocycles. The molecule has 3 rings (SSSR count). The van der Waals surface area contributed by atoms with Crippen LogP contribution in [0.5, 0.6) is 0 Å². The van der Waals surface area contributed by atoms with Crippen molar-refractivity contribution in [3.05, 3.63) is 30.8 Å². The second-order valence-corrected chi connectivity index (χ2v) is 13.8. The molecule has 0 spiro atoms. The van der Waals surface area contributed by atoms with Crippen LogP contribution in [0.2, 0.25) is 0 Å². The van der Waals surface area contributed by atoms with E-state index < -0.39 is 0 Å². The minimum absolute atomic E-state index is 0.484. The highest BCUT2D eigenvalue weighted by molar-refractivity contribution is 9.11. The Morgan fingerprint density at radius 1 is 0.714 bits per heavy atom. The molecule has 35 heavy (non-hydrogen) atoms. The lowest BCUT2D eigenvalue weighted by atomic mass is 9.98. The van der Waals surface area contributed by atoms with E-state index in [1.165, 1.54) is 49.7 Å². The van der Waals surface area contributed by atoms with Crippen LogP contribution in [0.1, 0.15) is 76.3 Å². The fourth-order valence-electron chi connectivity index (χ4n) is 4.29. The third kappa shape index (κ3) is 6.66. The van der Waals surface area contributed by atoms with Gasteiger partial charge in [0.25, 0.3) is 0 Å². The summed E-state index contributed by atoms with van der Waals surface area (Å²) in [4.78, 5) is 1.97. The van der Waals surface area contributed by atoms with E-state index in [1.807, 2.05) is 0 Å². The van der Waals surface area contributed by atoms with Gasteiger partial charge in [0, 0.05) is 33.3 Å². The van der Waals surface area contributed by atoms with Crippen molar-refractivity contribution in [2.24, 2.45) is 4.36 Å². The highest BCUT2D eigenvalue weighted by atomic mass is 79.9. The first-order chi connectivity index (χ1) is 16.8. The highest BCUT2D eigenvalue weighted by Gasteiger charge is 2.25. The molecule has 0 saturated heterocycles. The average molecular weight is 659 g/mol. The van der Waals surface area contributed by atoms with E-state index in [2.05, 4.69) is 62.2 Å². The summed E-state index contributed by atoms with van der Waals surface area (Å²) in [7, 11) is 0. The van der Waals surface area contributed by atoms with Crippen molar-refractivity contribution in [2.75, 3.05) is 17.2 Å². The lowest BCUT2D eigenvalue weighted by Gasteiger charge is -2.17. The number of thiophene rings is 2. The largest absolute Gasteiger partial charge is 0.396 e. The first-order valence-corrected chi connectivity index (χ1v) is 15.8. The standard InChI is InChI=1S/C26H34Br2N4S3/c1-3-5-7-9-11-15-13-17(34-25(15)27)19-21(29)22(30)20(24(32-33)23(19)31)18-14-16(26(28)35-18)12-10-8-6-4-2/h13-14H,3-12,29-31H2,1-2H3. The zero-order valence-corrected chi connectivity index (χ0v) is 26.0. The molecule has 190 valence electrons. The summed E-state index contributed by atoms with van der Waals surface area (Å²) >= 11 is 15.9.